The average molecular weight is 421 g/mol. The molecular weight excluding hydrogens is 404 g/mol. The van der Waals surface area contributed by atoms with Gasteiger partial charge in [-0.25, -0.2) is 28.2 Å². The Bertz CT molecular complexity index is 1260. The summed E-state index contributed by atoms with van der Waals surface area (Å²) in [7, 11) is 0. The van der Waals surface area contributed by atoms with Gasteiger partial charge in [-0.15, -0.1) is 0 Å². The van der Waals surface area contributed by atoms with Crippen LogP contribution in [0.5, 0.6) is 0 Å². The van der Waals surface area contributed by atoms with Gasteiger partial charge < -0.3 is 10.2 Å². The number of hydrogen-bond acceptors (Lipinski definition) is 6. The highest BCUT2D eigenvalue weighted by molar-refractivity contribution is 6.03. The molecule has 156 valence electrons. The molecule has 1 aromatic carbocycles. The highest BCUT2D eigenvalue weighted by atomic mass is 19.1. The zero-order valence-corrected chi connectivity index (χ0v) is 16.2. The largest absolute Gasteiger partial charge is 0.349 e. The Morgan fingerprint density at radius 2 is 2.00 bits per heavy atom. The van der Waals surface area contributed by atoms with Crippen molar-refractivity contribution in [3.05, 3.63) is 78.1 Å². The molecule has 0 bridgehead atoms. The number of anilines is 2. The van der Waals surface area contributed by atoms with Crippen LogP contribution >= 0.6 is 0 Å². The van der Waals surface area contributed by atoms with Crippen molar-refractivity contribution < 1.29 is 13.6 Å². The lowest BCUT2D eigenvalue weighted by molar-refractivity contribution is 0.101. The smallest absolute Gasteiger partial charge is 0.293 e. The third kappa shape index (κ3) is 3.56. The minimum atomic E-state index is -0.483. The first-order valence-electron chi connectivity index (χ1n) is 9.74. The topological polar surface area (TPSA) is 88.3 Å². The summed E-state index contributed by atoms with van der Waals surface area (Å²) in [5, 5.41) is 6.93. The standard InChI is InChI=1S/C21H17F2N7O/c22-13-4-5-15(23)14(11-13)17-3-1-9-29(17)18-6-10-30-20(28-18)16(12-26-30)27-21(31)19-24-7-2-8-25-19/h2,4-8,10-12,17H,1,3,9H2,(H,27,31). The van der Waals surface area contributed by atoms with E-state index in [0.29, 0.717) is 35.7 Å². The van der Waals surface area contributed by atoms with Gasteiger partial charge in [-0.3, -0.25) is 4.79 Å². The van der Waals surface area contributed by atoms with Crippen LogP contribution in [0.1, 0.15) is 35.1 Å². The van der Waals surface area contributed by atoms with Gasteiger partial charge in [0.2, 0.25) is 5.82 Å². The third-order valence-electron chi connectivity index (χ3n) is 5.24. The summed E-state index contributed by atoms with van der Waals surface area (Å²) < 4.78 is 29.7. The predicted octanol–water partition coefficient (Wildman–Crippen LogP) is 3.39. The van der Waals surface area contributed by atoms with Crippen LogP contribution in [0.25, 0.3) is 5.65 Å². The van der Waals surface area contributed by atoms with E-state index in [0.717, 1.165) is 18.6 Å². The Hall–Kier alpha value is -3.95. The van der Waals surface area contributed by atoms with Gasteiger partial charge in [-0.05, 0) is 43.2 Å². The van der Waals surface area contributed by atoms with E-state index in [4.69, 9.17) is 0 Å². The molecule has 1 N–H and O–H groups in total. The van der Waals surface area contributed by atoms with Crippen LogP contribution in [0.4, 0.5) is 20.3 Å². The van der Waals surface area contributed by atoms with Gasteiger partial charge >= 0.3 is 0 Å². The zero-order chi connectivity index (χ0) is 21.4. The second-order valence-corrected chi connectivity index (χ2v) is 7.16. The summed E-state index contributed by atoms with van der Waals surface area (Å²) in [6.45, 7) is 0.650. The molecule has 0 saturated carbocycles. The van der Waals surface area contributed by atoms with E-state index in [1.165, 1.54) is 29.2 Å². The van der Waals surface area contributed by atoms with Crippen molar-refractivity contribution in [3.8, 4) is 0 Å². The first-order valence-corrected chi connectivity index (χ1v) is 9.74. The lowest BCUT2D eigenvalue weighted by Crippen LogP contribution is -2.24. The van der Waals surface area contributed by atoms with Gasteiger partial charge in [0.15, 0.2) is 5.65 Å². The van der Waals surface area contributed by atoms with Gasteiger partial charge in [0.1, 0.15) is 23.1 Å². The van der Waals surface area contributed by atoms with Crippen LogP contribution in [0, 0.1) is 11.6 Å². The Kier molecular flexibility index (Phi) is 4.73. The second-order valence-electron chi connectivity index (χ2n) is 7.16. The van der Waals surface area contributed by atoms with Gasteiger partial charge in [-0.1, -0.05) is 0 Å². The fraction of sp³-hybridized carbons (Fsp3) is 0.190. The zero-order valence-electron chi connectivity index (χ0n) is 16.2. The van der Waals surface area contributed by atoms with Crippen LogP contribution < -0.4 is 10.2 Å². The highest BCUT2D eigenvalue weighted by Crippen LogP contribution is 2.37. The monoisotopic (exact) mass is 421 g/mol. The fourth-order valence-electron chi connectivity index (χ4n) is 3.84. The minimum Gasteiger partial charge on any atom is -0.349 e. The lowest BCUT2D eigenvalue weighted by atomic mass is 10.0. The van der Waals surface area contributed by atoms with Crippen molar-refractivity contribution in [2.24, 2.45) is 0 Å². The summed E-state index contributed by atoms with van der Waals surface area (Å²) in [6.07, 6.45) is 7.66. The molecule has 0 spiro atoms. The van der Waals surface area contributed by atoms with E-state index in [9.17, 15) is 13.6 Å². The van der Waals surface area contributed by atoms with E-state index in [1.807, 2.05) is 4.90 Å². The van der Waals surface area contributed by atoms with E-state index >= 15 is 0 Å². The van der Waals surface area contributed by atoms with Gasteiger partial charge in [0.05, 0.1) is 12.2 Å². The molecule has 0 aliphatic carbocycles. The molecule has 4 heterocycles. The van der Waals surface area contributed by atoms with Crippen molar-refractivity contribution >= 4 is 23.1 Å². The second kappa shape index (κ2) is 7.71. The molecule has 1 aliphatic rings. The Labute approximate surface area is 175 Å². The van der Waals surface area contributed by atoms with Crippen LogP contribution in [0.2, 0.25) is 0 Å². The van der Waals surface area contributed by atoms with Gasteiger partial charge in [0.25, 0.3) is 5.91 Å². The molecule has 3 aromatic heterocycles. The third-order valence-corrected chi connectivity index (χ3v) is 5.24. The predicted molar refractivity (Wildman–Crippen MR) is 109 cm³/mol. The Morgan fingerprint density at radius 1 is 1.16 bits per heavy atom. The van der Waals surface area contributed by atoms with Crippen molar-refractivity contribution in [1.82, 2.24) is 24.6 Å². The Balaban J connectivity index is 1.47. The number of hydrogen-bond donors (Lipinski definition) is 1. The van der Waals surface area contributed by atoms with Crippen molar-refractivity contribution in [2.45, 2.75) is 18.9 Å². The molecule has 31 heavy (non-hydrogen) atoms. The maximum absolute atomic E-state index is 14.4. The average Bonchev–Trinajstić information content (AvgIpc) is 3.43. The number of amides is 1. The summed E-state index contributed by atoms with van der Waals surface area (Å²) in [5.74, 6) is -0.788. The molecule has 1 unspecified atom stereocenters. The van der Waals surface area contributed by atoms with Crippen molar-refractivity contribution in [1.29, 1.82) is 0 Å². The number of aromatic nitrogens is 5. The summed E-state index contributed by atoms with van der Waals surface area (Å²) in [5.41, 5.74) is 1.13. The number of rotatable bonds is 4. The molecular formula is C21H17F2N7O. The minimum absolute atomic E-state index is 0.0270. The normalized spacial score (nSPS) is 16.1. The summed E-state index contributed by atoms with van der Waals surface area (Å²) in [4.78, 5) is 26.9. The van der Waals surface area contributed by atoms with Gasteiger partial charge in [-0.2, -0.15) is 5.10 Å². The number of halogens is 2. The molecule has 8 nitrogen and oxygen atoms in total. The number of benzene rings is 1. The molecule has 4 aromatic rings. The Morgan fingerprint density at radius 3 is 2.84 bits per heavy atom. The molecule has 1 aliphatic heterocycles. The number of carbonyl (C=O) groups excluding carboxylic acids is 1. The molecule has 1 fully saturated rings. The van der Waals surface area contributed by atoms with Crippen LogP contribution in [-0.2, 0) is 0 Å². The fourth-order valence-corrected chi connectivity index (χ4v) is 3.84. The van der Waals surface area contributed by atoms with Crippen molar-refractivity contribution in [3.63, 3.8) is 0 Å². The number of fused-ring (bicyclic) bond motifs is 1. The lowest BCUT2D eigenvalue weighted by Gasteiger charge is -2.26. The number of nitrogens with zero attached hydrogens (tertiary/aromatic N) is 6. The van der Waals surface area contributed by atoms with E-state index < -0.39 is 17.5 Å². The van der Waals surface area contributed by atoms with Crippen LogP contribution in [0.3, 0.4) is 0 Å². The van der Waals surface area contributed by atoms with E-state index in [2.05, 4.69) is 25.4 Å². The molecule has 1 atom stereocenters. The van der Waals surface area contributed by atoms with E-state index in [-0.39, 0.29) is 11.9 Å². The van der Waals surface area contributed by atoms with Gasteiger partial charge in [0, 0.05) is 30.7 Å². The molecule has 1 amide bonds. The number of nitrogens with one attached hydrogen (secondary N) is 1. The van der Waals surface area contributed by atoms with Crippen molar-refractivity contribution in [2.75, 3.05) is 16.8 Å². The maximum atomic E-state index is 14.4. The first-order chi connectivity index (χ1) is 15.1. The highest BCUT2D eigenvalue weighted by Gasteiger charge is 2.30. The first kappa shape index (κ1) is 19.0. The summed E-state index contributed by atoms with van der Waals surface area (Å²) >= 11 is 0. The SMILES string of the molecule is O=C(Nc1cnn2ccc(N3CCCC3c3cc(F)ccc3F)nc12)c1ncccn1. The van der Waals surface area contributed by atoms with E-state index in [1.54, 1.807) is 18.3 Å². The molecule has 10 heteroatoms. The van der Waals surface area contributed by atoms with Crippen LogP contribution in [-0.4, -0.2) is 37.0 Å². The number of carbonyl (C=O) groups is 1. The quantitative estimate of drug-likeness (QED) is 0.544. The maximum Gasteiger partial charge on any atom is 0.293 e. The molecule has 0 radical (unpaired) electrons. The molecule has 1 saturated heterocycles. The molecule has 5 rings (SSSR count). The van der Waals surface area contributed by atoms with Crippen LogP contribution in [0.15, 0.2) is 55.1 Å². The summed E-state index contributed by atoms with van der Waals surface area (Å²) in [6, 6.07) is 6.55.